The van der Waals surface area contributed by atoms with Gasteiger partial charge in [0.25, 0.3) is 0 Å². The fraction of sp³-hybridized carbons (Fsp3) is 0.533. The maximum atomic E-state index is 5.82. The van der Waals surface area contributed by atoms with Crippen LogP contribution in [0.1, 0.15) is 19.4 Å². The molecule has 114 valence electrons. The van der Waals surface area contributed by atoms with Crippen LogP contribution in [0, 0.1) is 0 Å². The second-order valence-electron chi connectivity index (χ2n) is 5.00. The number of nitrogens with two attached hydrogens (primary N) is 1. The van der Waals surface area contributed by atoms with Crippen LogP contribution in [0.5, 0.6) is 0 Å². The first kappa shape index (κ1) is 19.2. The summed E-state index contributed by atoms with van der Waals surface area (Å²) in [5.41, 5.74) is 7.13. The van der Waals surface area contributed by atoms with E-state index in [9.17, 15) is 0 Å². The molecule has 0 aliphatic heterocycles. The van der Waals surface area contributed by atoms with Gasteiger partial charge in [0.15, 0.2) is 5.96 Å². The van der Waals surface area contributed by atoms with E-state index in [2.05, 4.69) is 60.4 Å². The lowest BCUT2D eigenvalue weighted by molar-refractivity contribution is 0.282. The molecule has 0 aliphatic rings. The van der Waals surface area contributed by atoms with Crippen molar-refractivity contribution in [3.8, 4) is 0 Å². The van der Waals surface area contributed by atoms with E-state index in [4.69, 9.17) is 5.73 Å². The van der Waals surface area contributed by atoms with Gasteiger partial charge >= 0.3 is 0 Å². The highest BCUT2D eigenvalue weighted by Gasteiger charge is 2.01. The molecule has 0 fully saturated rings. The van der Waals surface area contributed by atoms with Gasteiger partial charge in [0.2, 0.25) is 0 Å². The smallest absolute Gasteiger partial charge is 0.188 e. The van der Waals surface area contributed by atoms with Crippen molar-refractivity contribution in [3.63, 3.8) is 0 Å². The minimum absolute atomic E-state index is 0. The summed E-state index contributed by atoms with van der Waals surface area (Å²) in [5, 5.41) is 3.14. The van der Waals surface area contributed by atoms with Gasteiger partial charge in [0.1, 0.15) is 0 Å². The molecule has 20 heavy (non-hydrogen) atoms. The monoisotopic (exact) mass is 390 g/mol. The average Bonchev–Trinajstić information content (AvgIpc) is 2.39. The average molecular weight is 390 g/mol. The number of nitrogens with one attached hydrogen (secondary N) is 1. The molecule has 3 N–H and O–H groups in total. The first-order valence-corrected chi connectivity index (χ1v) is 6.87. The summed E-state index contributed by atoms with van der Waals surface area (Å²) in [6, 6.07) is 10.9. The summed E-state index contributed by atoms with van der Waals surface area (Å²) in [6.07, 6.45) is 0.961. The summed E-state index contributed by atoms with van der Waals surface area (Å²) < 4.78 is 0. The van der Waals surface area contributed by atoms with Crippen molar-refractivity contribution >= 4 is 29.9 Å². The fourth-order valence-electron chi connectivity index (χ4n) is 1.62. The molecule has 0 spiro atoms. The number of likely N-dealkylation sites (N-methyl/N-ethyl adjacent to an activating group) is 1. The van der Waals surface area contributed by atoms with Crippen molar-refractivity contribution < 1.29 is 0 Å². The molecular formula is C15H27IN4. The first-order chi connectivity index (χ1) is 9.09. The Hall–Kier alpha value is -0.820. The van der Waals surface area contributed by atoms with Crippen LogP contribution in [0.4, 0.5) is 0 Å². The van der Waals surface area contributed by atoms with Gasteiger partial charge in [-0.3, -0.25) is 4.99 Å². The van der Waals surface area contributed by atoms with Crippen molar-refractivity contribution in [2.45, 2.75) is 26.3 Å². The Bertz CT molecular complexity index is 379. The van der Waals surface area contributed by atoms with E-state index in [1.54, 1.807) is 0 Å². The largest absolute Gasteiger partial charge is 0.370 e. The standard InChI is InChI=1S/C15H26N4.HI/c1-13(2)19(3)12-11-18-15(16)17-10-9-14-7-5-4-6-8-14;/h4-8,13H,9-12H2,1-3H3,(H3,16,17,18);1H. The van der Waals surface area contributed by atoms with Crippen molar-refractivity contribution in [3.05, 3.63) is 35.9 Å². The first-order valence-electron chi connectivity index (χ1n) is 6.87. The molecule has 1 aromatic carbocycles. The van der Waals surface area contributed by atoms with Crippen LogP contribution in [0.25, 0.3) is 0 Å². The van der Waals surface area contributed by atoms with Gasteiger partial charge in [-0.2, -0.15) is 0 Å². The third-order valence-corrected chi connectivity index (χ3v) is 3.18. The Labute approximate surface area is 139 Å². The highest BCUT2D eigenvalue weighted by Crippen LogP contribution is 1.97. The van der Waals surface area contributed by atoms with Crippen molar-refractivity contribution in [1.82, 2.24) is 10.2 Å². The number of guanidine groups is 1. The number of benzene rings is 1. The molecule has 0 unspecified atom stereocenters. The van der Waals surface area contributed by atoms with Crippen LogP contribution < -0.4 is 11.1 Å². The molecule has 0 saturated carbocycles. The van der Waals surface area contributed by atoms with Crippen molar-refractivity contribution in [2.75, 3.05) is 26.7 Å². The zero-order valence-electron chi connectivity index (χ0n) is 12.7. The van der Waals surface area contributed by atoms with Crippen LogP contribution in [0.2, 0.25) is 0 Å². The van der Waals surface area contributed by atoms with E-state index in [0.717, 1.165) is 26.1 Å². The number of aliphatic imine (C=N–C) groups is 1. The molecule has 0 atom stereocenters. The minimum atomic E-state index is 0. The van der Waals surface area contributed by atoms with Crippen LogP contribution in [0.3, 0.4) is 0 Å². The molecule has 1 aromatic rings. The molecule has 0 amide bonds. The zero-order valence-corrected chi connectivity index (χ0v) is 15.0. The Morgan fingerprint density at radius 2 is 1.95 bits per heavy atom. The molecule has 5 heteroatoms. The predicted octanol–water partition coefficient (Wildman–Crippen LogP) is 2.09. The highest BCUT2D eigenvalue weighted by atomic mass is 127. The van der Waals surface area contributed by atoms with E-state index in [1.165, 1.54) is 5.56 Å². The van der Waals surface area contributed by atoms with Crippen LogP contribution in [0.15, 0.2) is 35.3 Å². The van der Waals surface area contributed by atoms with Gasteiger partial charge < -0.3 is 16.0 Å². The van der Waals surface area contributed by atoms with Gasteiger partial charge in [-0.15, -0.1) is 24.0 Å². The fourth-order valence-corrected chi connectivity index (χ4v) is 1.62. The summed E-state index contributed by atoms with van der Waals surface area (Å²) in [6.45, 7) is 6.83. The second kappa shape index (κ2) is 10.9. The second-order valence-corrected chi connectivity index (χ2v) is 5.00. The third-order valence-electron chi connectivity index (χ3n) is 3.18. The molecule has 4 nitrogen and oxygen atoms in total. The number of hydrogen-bond acceptors (Lipinski definition) is 2. The maximum absolute atomic E-state index is 5.82. The Morgan fingerprint density at radius 3 is 2.55 bits per heavy atom. The normalized spacial score (nSPS) is 11.6. The van der Waals surface area contributed by atoms with Crippen LogP contribution >= 0.6 is 24.0 Å². The minimum Gasteiger partial charge on any atom is -0.370 e. The lowest BCUT2D eigenvalue weighted by atomic mass is 10.1. The van der Waals surface area contributed by atoms with Gasteiger partial charge in [-0.05, 0) is 32.9 Å². The Balaban J connectivity index is 0.00000361. The van der Waals surface area contributed by atoms with Crippen molar-refractivity contribution in [1.29, 1.82) is 0 Å². The van der Waals surface area contributed by atoms with Gasteiger partial charge in [-0.25, -0.2) is 0 Å². The highest BCUT2D eigenvalue weighted by molar-refractivity contribution is 14.0. The van der Waals surface area contributed by atoms with Gasteiger partial charge in [0, 0.05) is 19.1 Å². The quantitative estimate of drug-likeness (QED) is 0.426. The number of rotatable bonds is 7. The Morgan fingerprint density at radius 1 is 1.30 bits per heavy atom. The van der Waals surface area contributed by atoms with Crippen molar-refractivity contribution in [2.24, 2.45) is 10.7 Å². The predicted molar refractivity (Wildman–Crippen MR) is 97.8 cm³/mol. The van der Waals surface area contributed by atoms with Gasteiger partial charge in [0.05, 0.1) is 6.54 Å². The van der Waals surface area contributed by atoms with Gasteiger partial charge in [-0.1, -0.05) is 30.3 Å². The molecule has 0 aliphatic carbocycles. The summed E-state index contributed by atoms with van der Waals surface area (Å²) in [4.78, 5) is 6.57. The third kappa shape index (κ3) is 8.37. The lowest BCUT2D eigenvalue weighted by Crippen LogP contribution is -2.35. The lowest BCUT2D eigenvalue weighted by Gasteiger charge is -2.19. The SMILES string of the molecule is CC(C)N(C)CCN=C(N)NCCc1ccccc1.I. The number of nitrogens with zero attached hydrogens (tertiary/aromatic N) is 2. The molecule has 0 saturated heterocycles. The Kier molecular flexibility index (Phi) is 10.5. The summed E-state index contributed by atoms with van der Waals surface area (Å²) in [7, 11) is 2.10. The van der Waals surface area contributed by atoms with E-state index >= 15 is 0 Å². The molecule has 0 aromatic heterocycles. The molecular weight excluding hydrogens is 363 g/mol. The zero-order chi connectivity index (χ0) is 14.1. The topological polar surface area (TPSA) is 53.6 Å². The van der Waals surface area contributed by atoms with E-state index in [1.807, 2.05) is 6.07 Å². The molecule has 0 radical (unpaired) electrons. The molecule has 0 heterocycles. The molecule has 0 bridgehead atoms. The van der Waals surface area contributed by atoms with Crippen LogP contribution in [-0.2, 0) is 6.42 Å². The number of hydrogen-bond donors (Lipinski definition) is 2. The van der Waals surface area contributed by atoms with E-state index < -0.39 is 0 Å². The van der Waals surface area contributed by atoms with E-state index in [0.29, 0.717) is 12.0 Å². The maximum Gasteiger partial charge on any atom is 0.188 e. The molecule has 1 rings (SSSR count). The summed E-state index contributed by atoms with van der Waals surface area (Å²) >= 11 is 0. The number of halogens is 1. The van der Waals surface area contributed by atoms with E-state index in [-0.39, 0.29) is 24.0 Å². The van der Waals surface area contributed by atoms with Crippen LogP contribution in [-0.4, -0.2) is 43.6 Å². The summed E-state index contributed by atoms with van der Waals surface area (Å²) in [5.74, 6) is 0.535.